The fourth-order valence-corrected chi connectivity index (χ4v) is 6.30. The first kappa shape index (κ1) is 56.6. The van der Waals surface area contributed by atoms with Crippen molar-refractivity contribution in [1.82, 2.24) is 0 Å². The normalized spacial score (nSPS) is 20.9. The highest BCUT2D eigenvalue weighted by molar-refractivity contribution is 5.71. The number of aliphatic hydroxyl groups is 4. The van der Waals surface area contributed by atoms with Gasteiger partial charge in [0.1, 0.15) is 30.5 Å². The van der Waals surface area contributed by atoms with Gasteiger partial charge < -0.3 is 39.4 Å². The zero-order valence-corrected chi connectivity index (χ0v) is 38.3. The summed E-state index contributed by atoms with van der Waals surface area (Å²) in [6.07, 6.45) is 55.4. The molecule has 0 spiro atoms. The first-order valence-electron chi connectivity index (χ1n) is 23.6. The Bertz CT molecular complexity index is 1350. The van der Waals surface area contributed by atoms with Crippen molar-refractivity contribution in [2.24, 2.45) is 0 Å². The van der Waals surface area contributed by atoms with Gasteiger partial charge in [0.2, 0.25) is 0 Å². The molecule has 6 unspecified atom stereocenters. The number of hydrogen-bond acceptors (Lipinski definition) is 9. The van der Waals surface area contributed by atoms with E-state index >= 15 is 0 Å². The summed E-state index contributed by atoms with van der Waals surface area (Å²) >= 11 is 0. The molecule has 1 saturated heterocycles. The molecule has 1 rings (SSSR count). The molecule has 350 valence electrons. The van der Waals surface area contributed by atoms with Crippen LogP contribution in [0.3, 0.4) is 0 Å². The van der Waals surface area contributed by atoms with Crippen LogP contribution in [0, 0.1) is 0 Å². The Labute approximate surface area is 376 Å². The molecule has 9 heteroatoms. The molecule has 4 N–H and O–H groups in total. The fraction of sp³-hybridized carbons (Fsp3) is 0.604. The van der Waals surface area contributed by atoms with Gasteiger partial charge in [-0.1, -0.05) is 174 Å². The zero-order valence-electron chi connectivity index (χ0n) is 38.3. The third-order valence-corrected chi connectivity index (χ3v) is 9.91. The number of carbonyl (C=O) groups excluding carboxylic acids is 1. The molecule has 0 aliphatic carbocycles. The Morgan fingerprint density at radius 2 is 0.935 bits per heavy atom. The lowest BCUT2D eigenvalue weighted by Crippen LogP contribution is -2.59. The van der Waals surface area contributed by atoms with Crippen molar-refractivity contribution in [2.75, 3.05) is 26.4 Å². The van der Waals surface area contributed by atoms with E-state index in [9.17, 15) is 25.2 Å². The van der Waals surface area contributed by atoms with E-state index in [1.807, 2.05) is 6.08 Å². The minimum atomic E-state index is -1.56. The van der Waals surface area contributed by atoms with Crippen molar-refractivity contribution in [3.63, 3.8) is 0 Å². The Kier molecular flexibility index (Phi) is 39.1. The lowest BCUT2D eigenvalue weighted by molar-refractivity contribution is -0.305. The highest BCUT2D eigenvalue weighted by atomic mass is 16.7. The van der Waals surface area contributed by atoms with Crippen LogP contribution < -0.4 is 0 Å². The zero-order chi connectivity index (χ0) is 45.0. The van der Waals surface area contributed by atoms with Crippen molar-refractivity contribution < 1.29 is 44.2 Å². The number of rotatable bonds is 38. The number of allylic oxidation sites excluding steroid dienone is 19. The molecule has 0 amide bonds. The Hall–Kier alpha value is -3.41. The van der Waals surface area contributed by atoms with E-state index in [2.05, 4.69) is 123 Å². The van der Waals surface area contributed by atoms with Gasteiger partial charge in [0.25, 0.3) is 0 Å². The lowest BCUT2D eigenvalue weighted by Gasteiger charge is -2.39. The first-order chi connectivity index (χ1) is 30.4. The third-order valence-electron chi connectivity index (χ3n) is 9.91. The summed E-state index contributed by atoms with van der Waals surface area (Å²) in [6.45, 7) is 4.16. The van der Waals surface area contributed by atoms with Gasteiger partial charge in [0.15, 0.2) is 6.29 Å². The van der Waals surface area contributed by atoms with E-state index in [1.54, 1.807) is 6.08 Å². The van der Waals surface area contributed by atoms with E-state index in [0.29, 0.717) is 13.0 Å². The maximum absolute atomic E-state index is 12.7. The van der Waals surface area contributed by atoms with Crippen LogP contribution in [-0.4, -0.2) is 89.6 Å². The van der Waals surface area contributed by atoms with Crippen LogP contribution in [0.2, 0.25) is 0 Å². The number of unbranched alkanes of at least 4 members (excludes halogenated alkanes) is 8. The van der Waals surface area contributed by atoms with E-state index in [-0.39, 0.29) is 19.6 Å². The summed E-state index contributed by atoms with van der Waals surface area (Å²) in [5.74, 6) is -0.449. The minimum Gasteiger partial charge on any atom is -0.457 e. The second-order valence-corrected chi connectivity index (χ2v) is 15.5. The van der Waals surface area contributed by atoms with Gasteiger partial charge in [-0.05, 0) is 83.5 Å². The molecule has 0 aromatic heterocycles. The van der Waals surface area contributed by atoms with Gasteiger partial charge in [0, 0.05) is 6.61 Å². The molecule has 1 aliphatic rings. The molecule has 0 radical (unpaired) electrons. The average Bonchev–Trinajstić information content (AvgIpc) is 3.27. The van der Waals surface area contributed by atoms with Gasteiger partial charge >= 0.3 is 5.97 Å². The summed E-state index contributed by atoms with van der Waals surface area (Å²) in [5.41, 5.74) is 0. The van der Waals surface area contributed by atoms with Crippen molar-refractivity contribution in [2.45, 2.75) is 179 Å². The van der Waals surface area contributed by atoms with Gasteiger partial charge in [-0.15, -0.1) is 0 Å². The third kappa shape index (κ3) is 33.2. The van der Waals surface area contributed by atoms with Crippen LogP contribution in [-0.2, 0) is 23.7 Å². The minimum absolute atomic E-state index is 0.0768. The Morgan fingerprint density at radius 3 is 1.40 bits per heavy atom. The monoisotopic (exact) mass is 865 g/mol. The van der Waals surface area contributed by atoms with Crippen LogP contribution >= 0.6 is 0 Å². The molecule has 6 atom stereocenters. The van der Waals surface area contributed by atoms with Gasteiger partial charge in [-0.25, -0.2) is 0 Å². The molecule has 1 heterocycles. The predicted molar refractivity (Wildman–Crippen MR) is 256 cm³/mol. The summed E-state index contributed by atoms with van der Waals surface area (Å²) in [6, 6.07) is 0. The van der Waals surface area contributed by atoms with Crippen LogP contribution in [0.1, 0.15) is 142 Å². The van der Waals surface area contributed by atoms with Crippen molar-refractivity contribution >= 4 is 5.97 Å². The molecule has 62 heavy (non-hydrogen) atoms. The van der Waals surface area contributed by atoms with Crippen LogP contribution in [0.5, 0.6) is 0 Å². The molecular weight excluding hydrogens is 781 g/mol. The van der Waals surface area contributed by atoms with Gasteiger partial charge in [-0.3, -0.25) is 4.79 Å². The highest BCUT2D eigenvalue weighted by Crippen LogP contribution is 2.22. The SMILES string of the molecule is CC/C=C\C/C=C\C/C=C\C/C=C\C/C=C\CCCCCCCCCCOCC(COC1OC(CO)C(O)C(O)C1O)OC(=O)C/C=C\C/C=C\C/C=C\C/C=C\C/C=C\CC. The van der Waals surface area contributed by atoms with Crippen molar-refractivity contribution in [1.29, 1.82) is 0 Å². The van der Waals surface area contributed by atoms with Gasteiger partial charge in [0.05, 0.1) is 26.2 Å². The van der Waals surface area contributed by atoms with Crippen LogP contribution in [0.25, 0.3) is 0 Å². The Balaban J connectivity index is 2.29. The standard InChI is InChI=1S/C53H84O9/c1-3-5-7-9-11-13-15-17-19-20-21-22-23-24-25-26-27-29-31-33-35-37-39-41-43-59-45-47(46-60-53-52(58)51(57)50(56)48(44-54)62-53)61-49(55)42-40-38-36-34-32-30-28-18-16-14-12-10-8-6-4-2/h5-8,11-14,17-19,21-22,24-25,28,32,34,38,40,47-48,50-54,56-58H,3-4,9-10,15-16,20,23,26-27,29-31,33,35-37,39,41-46H2,1-2H3/b7-5-,8-6-,13-11-,14-12-,19-17-,22-21-,25-24-,28-18-,34-32-,40-38-. The van der Waals surface area contributed by atoms with Crippen LogP contribution in [0.4, 0.5) is 0 Å². The molecule has 0 bridgehead atoms. The largest absolute Gasteiger partial charge is 0.457 e. The first-order valence-corrected chi connectivity index (χ1v) is 23.6. The second-order valence-electron chi connectivity index (χ2n) is 15.5. The van der Waals surface area contributed by atoms with E-state index < -0.39 is 49.4 Å². The van der Waals surface area contributed by atoms with Crippen molar-refractivity contribution in [3.05, 3.63) is 122 Å². The summed E-state index contributed by atoms with van der Waals surface area (Å²) in [4.78, 5) is 12.7. The summed E-state index contributed by atoms with van der Waals surface area (Å²) in [5, 5.41) is 40.1. The smallest absolute Gasteiger partial charge is 0.310 e. The molecule has 1 fully saturated rings. The maximum atomic E-state index is 12.7. The fourth-order valence-electron chi connectivity index (χ4n) is 6.30. The summed E-state index contributed by atoms with van der Waals surface area (Å²) in [7, 11) is 0. The average molecular weight is 865 g/mol. The highest BCUT2D eigenvalue weighted by Gasteiger charge is 2.44. The molecule has 9 nitrogen and oxygen atoms in total. The van der Waals surface area contributed by atoms with Crippen LogP contribution in [0.15, 0.2) is 122 Å². The topological polar surface area (TPSA) is 135 Å². The molecular formula is C53H84O9. The number of ether oxygens (including phenoxy) is 4. The van der Waals surface area contributed by atoms with Gasteiger partial charge in [-0.2, -0.15) is 0 Å². The molecule has 0 aromatic carbocycles. The maximum Gasteiger partial charge on any atom is 0.310 e. The number of carbonyl (C=O) groups is 1. The quantitative estimate of drug-likeness (QED) is 0.0272. The summed E-state index contributed by atoms with van der Waals surface area (Å²) < 4.78 is 22.7. The molecule has 0 aromatic rings. The second kappa shape index (κ2) is 42.9. The van der Waals surface area contributed by atoms with E-state index in [0.717, 1.165) is 83.5 Å². The Morgan fingerprint density at radius 1 is 0.516 bits per heavy atom. The van der Waals surface area contributed by atoms with Crippen molar-refractivity contribution in [3.8, 4) is 0 Å². The predicted octanol–water partition coefficient (Wildman–Crippen LogP) is 11.1. The van der Waals surface area contributed by atoms with E-state index in [1.165, 1.54) is 32.1 Å². The molecule has 1 aliphatic heterocycles. The number of aliphatic hydroxyl groups excluding tert-OH is 4. The number of hydrogen-bond donors (Lipinski definition) is 4. The number of esters is 1. The molecule has 0 saturated carbocycles. The van der Waals surface area contributed by atoms with E-state index in [4.69, 9.17) is 18.9 Å². The lowest BCUT2D eigenvalue weighted by atomic mass is 9.99.